The van der Waals surface area contributed by atoms with Crippen molar-refractivity contribution in [3.8, 4) is 0 Å². The summed E-state index contributed by atoms with van der Waals surface area (Å²) in [5, 5.41) is 3.16. The quantitative estimate of drug-likeness (QED) is 0.768. The number of anilines is 2. The number of likely N-dealkylation sites (tertiary alicyclic amines) is 1. The molecule has 0 radical (unpaired) electrons. The van der Waals surface area contributed by atoms with Gasteiger partial charge in [0.1, 0.15) is 17.5 Å². The van der Waals surface area contributed by atoms with Crippen molar-refractivity contribution in [1.29, 1.82) is 0 Å². The molecule has 3 aromatic rings. The van der Waals surface area contributed by atoms with E-state index in [2.05, 4.69) is 25.3 Å². The van der Waals surface area contributed by atoms with Gasteiger partial charge in [-0.1, -0.05) is 18.2 Å². The lowest BCUT2D eigenvalue weighted by Crippen LogP contribution is -2.31. The van der Waals surface area contributed by atoms with Gasteiger partial charge >= 0.3 is 0 Å². The number of rotatable bonds is 4. The molecule has 0 aliphatic carbocycles. The van der Waals surface area contributed by atoms with E-state index in [0.717, 1.165) is 25.1 Å². The van der Waals surface area contributed by atoms with Crippen LogP contribution in [-0.4, -0.2) is 37.3 Å². The first-order chi connectivity index (χ1) is 13.2. The number of benzene rings is 1. The topological polar surface area (TPSA) is 83.9 Å². The maximum Gasteiger partial charge on any atom is 0.254 e. The van der Waals surface area contributed by atoms with Crippen molar-refractivity contribution in [2.45, 2.75) is 25.8 Å². The summed E-state index contributed by atoms with van der Waals surface area (Å²) < 4.78 is 0. The minimum absolute atomic E-state index is 0.0396. The zero-order chi connectivity index (χ0) is 18.6. The Labute approximate surface area is 157 Å². The smallest absolute Gasteiger partial charge is 0.254 e. The predicted octanol–water partition coefficient (Wildman–Crippen LogP) is 3.30. The Bertz CT molecular complexity index is 932. The molecule has 1 aromatic carbocycles. The van der Waals surface area contributed by atoms with Crippen LogP contribution in [-0.2, 0) is 0 Å². The molecule has 1 aliphatic heterocycles. The highest BCUT2D eigenvalue weighted by Gasteiger charge is 2.32. The van der Waals surface area contributed by atoms with Gasteiger partial charge in [0.05, 0.1) is 17.9 Å². The number of carbonyl (C=O) groups excluding carboxylic acids is 1. The molecule has 1 atom stereocenters. The number of nitrogens with one attached hydrogen (secondary N) is 1. The Kier molecular flexibility index (Phi) is 4.74. The first-order valence-electron chi connectivity index (χ1n) is 8.95. The summed E-state index contributed by atoms with van der Waals surface area (Å²) in [6, 6.07) is 11.2. The maximum atomic E-state index is 12.9. The third-order valence-corrected chi connectivity index (χ3v) is 4.55. The van der Waals surface area contributed by atoms with E-state index in [1.165, 1.54) is 0 Å². The second kappa shape index (κ2) is 7.49. The first-order valence-corrected chi connectivity index (χ1v) is 8.95. The molecule has 7 heteroatoms. The molecule has 0 unspecified atom stereocenters. The lowest BCUT2D eigenvalue weighted by molar-refractivity contribution is 0.0732. The van der Waals surface area contributed by atoms with E-state index in [1.54, 1.807) is 18.6 Å². The van der Waals surface area contributed by atoms with Gasteiger partial charge in [0, 0.05) is 30.6 Å². The van der Waals surface area contributed by atoms with Crippen LogP contribution in [0.1, 0.15) is 40.8 Å². The van der Waals surface area contributed by atoms with Crippen molar-refractivity contribution in [3.05, 3.63) is 72.1 Å². The molecule has 1 aliphatic rings. The third-order valence-electron chi connectivity index (χ3n) is 4.55. The van der Waals surface area contributed by atoms with Crippen LogP contribution in [0.4, 0.5) is 11.6 Å². The number of aryl methyl sites for hydroxylation is 1. The SMILES string of the molecule is Cc1nc(Nc2cnccn2)cc([C@@H]2CCCN2C(=O)c2ccccc2)n1. The average Bonchev–Trinajstić information content (AvgIpc) is 3.18. The van der Waals surface area contributed by atoms with Crippen molar-refractivity contribution in [2.24, 2.45) is 0 Å². The normalized spacial score (nSPS) is 16.3. The lowest BCUT2D eigenvalue weighted by Gasteiger charge is -2.25. The summed E-state index contributed by atoms with van der Waals surface area (Å²) >= 11 is 0. The van der Waals surface area contributed by atoms with Crippen LogP contribution in [0.3, 0.4) is 0 Å². The van der Waals surface area contributed by atoms with E-state index in [9.17, 15) is 4.79 Å². The zero-order valence-electron chi connectivity index (χ0n) is 15.0. The summed E-state index contributed by atoms with van der Waals surface area (Å²) in [6.07, 6.45) is 6.72. The molecule has 1 saturated heterocycles. The van der Waals surface area contributed by atoms with Crippen LogP contribution in [0.15, 0.2) is 55.0 Å². The largest absolute Gasteiger partial charge is 0.330 e. The third kappa shape index (κ3) is 3.76. The van der Waals surface area contributed by atoms with E-state index < -0.39 is 0 Å². The number of nitrogens with zero attached hydrogens (tertiary/aromatic N) is 5. The molecule has 1 fully saturated rings. The minimum Gasteiger partial charge on any atom is -0.330 e. The number of carbonyl (C=O) groups is 1. The zero-order valence-corrected chi connectivity index (χ0v) is 15.0. The number of aromatic nitrogens is 4. The summed E-state index contributed by atoms with van der Waals surface area (Å²) in [6.45, 7) is 2.58. The van der Waals surface area contributed by atoms with Gasteiger partial charge in [0.25, 0.3) is 5.91 Å². The van der Waals surface area contributed by atoms with Crippen LogP contribution in [0.25, 0.3) is 0 Å². The van der Waals surface area contributed by atoms with Crippen LogP contribution in [0, 0.1) is 6.92 Å². The molecule has 1 amide bonds. The maximum absolute atomic E-state index is 12.9. The summed E-state index contributed by atoms with van der Waals surface area (Å²) in [4.78, 5) is 32.1. The van der Waals surface area contributed by atoms with E-state index in [0.29, 0.717) is 23.0 Å². The molecule has 0 spiro atoms. The fourth-order valence-electron chi connectivity index (χ4n) is 3.38. The highest BCUT2D eigenvalue weighted by Crippen LogP contribution is 2.33. The van der Waals surface area contributed by atoms with Crippen LogP contribution >= 0.6 is 0 Å². The van der Waals surface area contributed by atoms with Gasteiger partial charge in [-0.3, -0.25) is 9.78 Å². The molecule has 2 aromatic heterocycles. The molecule has 1 N–H and O–H groups in total. The number of amides is 1. The van der Waals surface area contributed by atoms with E-state index >= 15 is 0 Å². The Hall–Kier alpha value is -3.35. The average molecular weight is 360 g/mol. The Morgan fingerprint density at radius 3 is 2.78 bits per heavy atom. The highest BCUT2D eigenvalue weighted by molar-refractivity contribution is 5.94. The molecule has 7 nitrogen and oxygen atoms in total. The standard InChI is InChI=1S/C20H20N6O/c1-14-23-16(12-18(24-14)25-19-13-21-9-10-22-19)17-8-5-11-26(17)20(27)15-6-3-2-4-7-15/h2-4,6-7,9-10,12-13,17H,5,8,11H2,1H3,(H,22,23,24,25)/t17-/m0/s1. The van der Waals surface area contributed by atoms with Gasteiger partial charge in [-0.2, -0.15) is 0 Å². The molecule has 3 heterocycles. The second-order valence-electron chi connectivity index (χ2n) is 6.46. The van der Waals surface area contributed by atoms with Gasteiger partial charge in [0.15, 0.2) is 0 Å². The van der Waals surface area contributed by atoms with Gasteiger partial charge < -0.3 is 10.2 Å². The molecular weight excluding hydrogens is 340 g/mol. The predicted molar refractivity (Wildman–Crippen MR) is 102 cm³/mol. The number of hydrogen-bond acceptors (Lipinski definition) is 6. The molecule has 136 valence electrons. The lowest BCUT2D eigenvalue weighted by atomic mass is 10.1. The minimum atomic E-state index is -0.0539. The Balaban J connectivity index is 1.61. The highest BCUT2D eigenvalue weighted by atomic mass is 16.2. The van der Waals surface area contributed by atoms with Crippen molar-refractivity contribution in [3.63, 3.8) is 0 Å². The Morgan fingerprint density at radius 2 is 2.00 bits per heavy atom. The van der Waals surface area contributed by atoms with Crippen molar-refractivity contribution < 1.29 is 4.79 Å². The fourth-order valence-corrected chi connectivity index (χ4v) is 3.38. The van der Waals surface area contributed by atoms with Gasteiger partial charge in [-0.25, -0.2) is 15.0 Å². The van der Waals surface area contributed by atoms with Crippen LogP contribution in [0.5, 0.6) is 0 Å². The molecular formula is C20H20N6O. The number of hydrogen-bond donors (Lipinski definition) is 1. The summed E-state index contributed by atoms with van der Waals surface area (Å²) in [7, 11) is 0. The van der Waals surface area contributed by atoms with Crippen molar-refractivity contribution in [2.75, 3.05) is 11.9 Å². The van der Waals surface area contributed by atoms with Gasteiger partial charge in [-0.15, -0.1) is 0 Å². The van der Waals surface area contributed by atoms with Crippen LogP contribution < -0.4 is 5.32 Å². The molecule has 27 heavy (non-hydrogen) atoms. The van der Waals surface area contributed by atoms with E-state index in [4.69, 9.17) is 0 Å². The molecule has 0 bridgehead atoms. The summed E-state index contributed by atoms with van der Waals surface area (Å²) in [5.74, 6) is 1.96. The van der Waals surface area contributed by atoms with Crippen molar-refractivity contribution >= 4 is 17.5 Å². The van der Waals surface area contributed by atoms with E-state index in [-0.39, 0.29) is 11.9 Å². The summed E-state index contributed by atoms with van der Waals surface area (Å²) in [5.41, 5.74) is 1.55. The van der Waals surface area contributed by atoms with Gasteiger partial charge in [0.2, 0.25) is 0 Å². The monoisotopic (exact) mass is 360 g/mol. The fraction of sp³-hybridized carbons (Fsp3) is 0.250. The molecule has 4 rings (SSSR count). The van der Waals surface area contributed by atoms with Crippen LogP contribution in [0.2, 0.25) is 0 Å². The van der Waals surface area contributed by atoms with Gasteiger partial charge in [-0.05, 0) is 31.9 Å². The second-order valence-corrected chi connectivity index (χ2v) is 6.46. The van der Waals surface area contributed by atoms with Crippen molar-refractivity contribution in [1.82, 2.24) is 24.8 Å². The first kappa shape index (κ1) is 17.1. The Morgan fingerprint density at radius 1 is 1.15 bits per heavy atom. The van der Waals surface area contributed by atoms with E-state index in [1.807, 2.05) is 48.2 Å². The molecule has 0 saturated carbocycles.